The minimum Gasteiger partial charge on any atom is -0.505 e. The van der Waals surface area contributed by atoms with E-state index in [1.54, 1.807) is 24.3 Å². The van der Waals surface area contributed by atoms with Gasteiger partial charge in [-0.05, 0) is 54.1 Å². The van der Waals surface area contributed by atoms with Crippen molar-refractivity contribution in [2.24, 2.45) is 5.10 Å². The summed E-state index contributed by atoms with van der Waals surface area (Å²) >= 11 is 15.4. The van der Waals surface area contributed by atoms with E-state index in [0.717, 1.165) is 9.86 Å². The quantitative estimate of drug-likeness (QED) is 0.272. The second-order valence-electron chi connectivity index (χ2n) is 6.94. The minimum absolute atomic E-state index is 0.0750. The van der Waals surface area contributed by atoms with E-state index in [1.165, 1.54) is 23.0 Å². The molecule has 32 heavy (non-hydrogen) atoms. The summed E-state index contributed by atoms with van der Waals surface area (Å²) in [7, 11) is 0. The van der Waals surface area contributed by atoms with Crippen LogP contribution >= 0.6 is 39.1 Å². The van der Waals surface area contributed by atoms with E-state index in [4.69, 9.17) is 27.6 Å². The Hall–Kier alpha value is -3.13. The summed E-state index contributed by atoms with van der Waals surface area (Å²) in [5.41, 5.74) is 1.31. The number of hydrogen-bond donors (Lipinski definition) is 1. The Morgan fingerprint density at radius 1 is 1.06 bits per heavy atom. The molecule has 0 saturated heterocycles. The first-order chi connectivity index (χ1) is 15.4. The van der Waals surface area contributed by atoms with Gasteiger partial charge in [0.05, 0.1) is 27.2 Å². The van der Waals surface area contributed by atoms with Crippen LogP contribution in [0, 0.1) is 0 Å². The highest BCUT2D eigenvalue weighted by atomic mass is 79.9. The van der Waals surface area contributed by atoms with Gasteiger partial charge in [0, 0.05) is 9.86 Å². The summed E-state index contributed by atoms with van der Waals surface area (Å²) in [6.07, 6.45) is 1.41. The molecular formula is C23H12BrCl2N3O3. The maximum Gasteiger partial charge on any atom is 0.282 e. The average molecular weight is 529 g/mol. The molecule has 1 N–H and O–H groups in total. The average Bonchev–Trinajstić information content (AvgIpc) is 3.19. The predicted octanol–water partition coefficient (Wildman–Crippen LogP) is 6.47. The molecule has 5 rings (SSSR count). The molecule has 2 aromatic heterocycles. The second-order valence-corrected chi connectivity index (χ2v) is 8.67. The van der Waals surface area contributed by atoms with Crippen molar-refractivity contribution in [3.63, 3.8) is 0 Å². The molecule has 6 nitrogen and oxygen atoms in total. The third-order valence-corrected chi connectivity index (χ3v) is 5.88. The molecule has 0 spiro atoms. The molecule has 0 amide bonds. The second kappa shape index (κ2) is 8.09. The summed E-state index contributed by atoms with van der Waals surface area (Å²) in [4.78, 5) is 17.9. The summed E-state index contributed by atoms with van der Waals surface area (Å²) in [6, 6.07) is 17.4. The number of phenolic OH excluding ortho intramolecular Hbond substituents is 1. The Labute approximate surface area is 199 Å². The first-order valence-electron chi connectivity index (χ1n) is 9.34. The molecule has 0 radical (unpaired) electrons. The number of rotatable bonds is 3. The topological polar surface area (TPSA) is 80.6 Å². The standard InChI is InChI=1S/C23H12BrCl2N3O3/c24-14-5-6-19-13(9-14)10-20(32-19)22-28-18-4-2-1-3-15(18)23(31)29(22)27-11-12-7-16(25)21(30)17(26)8-12/h1-11,30H. The van der Waals surface area contributed by atoms with E-state index in [1.807, 2.05) is 24.3 Å². The maximum atomic E-state index is 13.3. The van der Waals surface area contributed by atoms with Crippen LogP contribution in [-0.2, 0) is 0 Å². The molecule has 0 unspecified atom stereocenters. The fourth-order valence-corrected chi connectivity index (χ4v) is 4.18. The lowest BCUT2D eigenvalue weighted by Gasteiger charge is -2.07. The van der Waals surface area contributed by atoms with Gasteiger partial charge >= 0.3 is 0 Å². The van der Waals surface area contributed by atoms with Crippen LogP contribution in [0.1, 0.15) is 5.56 Å². The van der Waals surface area contributed by atoms with Crippen molar-refractivity contribution < 1.29 is 9.52 Å². The van der Waals surface area contributed by atoms with Crippen molar-refractivity contribution in [3.05, 3.63) is 91.1 Å². The van der Waals surface area contributed by atoms with Crippen molar-refractivity contribution in [2.75, 3.05) is 0 Å². The minimum atomic E-state index is -0.362. The zero-order chi connectivity index (χ0) is 22.4. The third kappa shape index (κ3) is 3.68. The van der Waals surface area contributed by atoms with E-state index in [2.05, 4.69) is 26.0 Å². The van der Waals surface area contributed by atoms with Crippen molar-refractivity contribution in [1.29, 1.82) is 0 Å². The molecule has 5 aromatic rings. The van der Waals surface area contributed by atoms with Gasteiger partial charge in [-0.2, -0.15) is 9.78 Å². The lowest BCUT2D eigenvalue weighted by atomic mass is 10.2. The van der Waals surface area contributed by atoms with Crippen molar-refractivity contribution in [2.45, 2.75) is 0 Å². The van der Waals surface area contributed by atoms with Gasteiger partial charge in [-0.3, -0.25) is 4.79 Å². The monoisotopic (exact) mass is 527 g/mol. The molecule has 3 aromatic carbocycles. The van der Waals surface area contributed by atoms with Gasteiger partial charge in [0.1, 0.15) is 5.58 Å². The lowest BCUT2D eigenvalue weighted by Crippen LogP contribution is -2.20. The molecule has 0 bridgehead atoms. The Balaban J connectivity index is 1.73. The fourth-order valence-electron chi connectivity index (χ4n) is 3.30. The molecule has 0 aliphatic carbocycles. The van der Waals surface area contributed by atoms with Crippen LogP contribution in [0.3, 0.4) is 0 Å². The third-order valence-electron chi connectivity index (χ3n) is 4.81. The fraction of sp³-hybridized carbons (Fsp3) is 0. The summed E-state index contributed by atoms with van der Waals surface area (Å²) in [5.74, 6) is 0.414. The highest BCUT2D eigenvalue weighted by Gasteiger charge is 2.16. The van der Waals surface area contributed by atoms with Crippen LogP contribution in [0.25, 0.3) is 33.5 Å². The Morgan fingerprint density at radius 3 is 2.59 bits per heavy atom. The van der Waals surface area contributed by atoms with Crippen molar-refractivity contribution >= 4 is 67.2 Å². The van der Waals surface area contributed by atoms with E-state index in [-0.39, 0.29) is 27.2 Å². The summed E-state index contributed by atoms with van der Waals surface area (Å²) in [6.45, 7) is 0. The Bertz CT molecular complexity index is 1590. The molecule has 0 aliphatic rings. The van der Waals surface area contributed by atoms with Gasteiger partial charge in [0.25, 0.3) is 5.56 Å². The number of phenols is 1. The smallest absolute Gasteiger partial charge is 0.282 e. The molecule has 0 atom stereocenters. The zero-order valence-corrected chi connectivity index (χ0v) is 19.2. The Morgan fingerprint density at radius 2 is 1.81 bits per heavy atom. The first kappa shape index (κ1) is 20.8. The number of halogens is 3. The predicted molar refractivity (Wildman–Crippen MR) is 130 cm³/mol. The highest BCUT2D eigenvalue weighted by Crippen LogP contribution is 2.32. The van der Waals surface area contributed by atoms with Gasteiger partial charge in [0.15, 0.2) is 11.5 Å². The molecular weight excluding hydrogens is 517 g/mol. The molecule has 158 valence electrons. The largest absolute Gasteiger partial charge is 0.505 e. The van der Waals surface area contributed by atoms with Gasteiger partial charge < -0.3 is 9.52 Å². The molecule has 9 heteroatoms. The number of para-hydroxylation sites is 1. The highest BCUT2D eigenvalue weighted by molar-refractivity contribution is 9.10. The molecule has 0 aliphatic heterocycles. The molecule has 0 saturated carbocycles. The number of fused-ring (bicyclic) bond motifs is 2. The number of aromatic hydroxyl groups is 1. The van der Waals surface area contributed by atoms with Crippen LogP contribution in [-0.4, -0.2) is 21.0 Å². The van der Waals surface area contributed by atoms with E-state index < -0.39 is 0 Å². The lowest BCUT2D eigenvalue weighted by molar-refractivity contribution is 0.476. The van der Waals surface area contributed by atoms with Crippen LogP contribution in [0.5, 0.6) is 5.75 Å². The summed E-state index contributed by atoms with van der Waals surface area (Å²) in [5, 5.41) is 15.5. The van der Waals surface area contributed by atoms with Crippen molar-refractivity contribution in [3.8, 4) is 17.3 Å². The van der Waals surface area contributed by atoms with Crippen LogP contribution in [0.4, 0.5) is 0 Å². The number of benzene rings is 3. The van der Waals surface area contributed by atoms with Gasteiger partial charge in [-0.1, -0.05) is 51.3 Å². The summed E-state index contributed by atoms with van der Waals surface area (Å²) < 4.78 is 8.04. The molecule has 2 heterocycles. The van der Waals surface area contributed by atoms with E-state index in [0.29, 0.717) is 27.8 Å². The van der Waals surface area contributed by atoms with Crippen molar-refractivity contribution in [1.82, 2.24) is 9.66 Å². The zero-order valence-electron chi connectivity index (χ0n) is 16.1. The van der Waals surface area contributed by atoms with Gasteiger partial charge in [-0.15, -0.1) is 0 Å². The van der Waals surface area contributed by atoms with Crippen LogP contribution < -0.4 is 5.56 Å². The maximum absolute atomic E-state index is 13.3. The van der Waals surface area contributed by atoms with E-state index in [9.17, 15) is 9.90 Å². The molecule has 0 fully saturated rings. The Kier molecular flexibility index (Phi) is 5.25. The number of furan rings is 1. The SMILES string of the molecule is O=c1c2ccccc2nc(-c2cc3cc(Br)ccc3o2)n1N=Cc1cc(Cl)c(O)c(Cl)c1. The van der Waals surface area contributed by atoms with Crippen LogP contribution in [0.15, 0.2) is 79.4 Å². The first-order valence-corrected chi connectivity index (χ1v) is 10.9. The van der Waals surface area contributed by atoms with E-state index >= 15 is 0 Å². The number of nitrogens with zero attached hydrogens (tertiary/aromatic N) is 3. The number of aromatic nitrogens is 2. The van der Waals surface area contributed by atoms with Gasteiger partial charge in [-0.25, -0.2) is 4.98 Å². The van der Waals surface area contributed by atoms with Crippen LogP contribution in [0.2, 0.25) is 10.0 Å². The number of hydrogen-bond acceptors (Lipinski definition) is 5. The normalized spacial score (nSPS) is 11.7. The van der Waals surface area contributed by atoms with Gasteiger partial charge in [0.2, 0.25) is 5.82 Å².